The van der Waals surface area contributed by atoms with Gasteiger partial charge in [0.05, 0.1) is 66.7 Å². The summed E-state index contributed by atoms with van der Waals surface area (Å²) in [6.45, 7) is -1.24. The zero-order valence-electron chi connectivity index (χ0n) is 33.3. The van der Waals surface area contributed by atoms with Gasteiger partial charge in [0, 0.05) is 11.8 Å². The summed E-state index contributed by atoms with van der Waals surface area (Å²) in [7, 11) is 5.88. The van der Waals surface area contributed by atoms with Crippen molar-refractivity contribution in [1.29, 1.82) is 0 Å². The van der Waals surface area contributed by atoms with E-state index in [1.807, 2.05) is 0 Å². The molecule has 3 atom stereocenters. The van der Waals surface area contributed by atoms with E-state index in [-0.39, 0.29) is 45.0 Å². The fraction of sp³-hybridized carbons (Fsp3) is 0.277. The molecule has 1 aliphatic rings. The largest absolute Gasteiger partial charge is 0.493 e. The molecule has 4 aromatic carbocycles. The van der Waals surface area contributed by atoms with Gasteiger partial charge in [-0.05, 0) is 106 Å². The summed E-state index contributed by atoms with van der Waals surface area (Å²) in [6, 6.07) is 19.8. The summed E-state index contributed by atoms with van der Waals surface area (Å²) >= 11 is 0. The van der Waals surface area contributed by atoms with Crippen molar-refractivity contribution in [3.05, 3.63) is 136 Å². The third kappa shape index (κ3) is 9.76. The number of carbonyl (C=O) groups excluding carboxylic acids is 4. The molecule has 1 fully saturated rings. The lowest BCUT2D eigenvalue weighted by molar-refractivity contribution is -0.131. The van der Waals surface area contributed by atoms with Gasteiger partial charge in [-0.15, -0.1) is 0 Å². The average Bonchev–Trinajstić information content (AvgIpc) is 3.62. The molecule has 1 saturated carbocycles. The van der Waals surface area contributed by atoms with Crippen LogP contribution in [-0.4, -0.2) is 72.0 Å². The Balaban J connectivity index is 1.64. The molecule has 3 unspecified atom stereocenters. The molecule has 0 aliphatic heterocycles. The molecule has 1 aliphatic carbocycles. The quantitative estimate of drug-likeness (QED) is 0.0703. The highest BCUT2D eigenvalue weighted by Crippen LogP contribution is 2.51. The number of aliphatic hydroxyl groups excluding tert-OH is 4. The summed E-state index contributed by atoms with van der Waals surface area (Å²) in [5, 5.41) is 39.0. The molecule has 4 aromatic rings. The fourth-order valence-corrected chi connectivity index (χ4v) is 7.58. The Morgan fingerprint density at radius 1 is 0.593 bits per heavy atom. The molecule has 0 spiro atoms. The second kappa shape index (κ2) is 20.0. The van der Waals surface area contributed by atoms with Gasteiger partial charge in [0.25, 0.3) is 0 Å². The van der Waals surface area contributed by atoms with Crippen LogP contribution in [0.25, 0.3) is 18.2 Å². The average molecular weight is 805 g/mol. The van der Waals surface area contributed by atoms with Crippen LogP contribution >= 0.6 is 0 Å². The Morgan fingerprint density at radius 2 is 1.03 bits per heavy atom. The van der Waals surface area contributed by atoms with Crippen LogP contribution in [-0.2, 0) is 51.0 Å². The summed E-state index contributed by atoms with van der Waals surface area (Å²) in [5.74, 6) is -3.48. The van der Waals surface area contributed by atoms with Gasteiger partial charge in [0.2, 0.25) is 0 Å². The van der Waals surface area contributed by atoms with E-state index < -0.39 is 40.4 Å². The first kappa shape index (κ1) is 43.9. The second-order valence-electron chi connectivity index (χ2n) is 14.1. The molecule has 12 nitrogen and oxygen atoms in total. The number of allylic oxidation sites excluding steroid dienone is 3. The van der Waals surface area contributed by atoms with Crippen molar-refractivity contribution in [1.82, 2.24) is 0 Å². The van der Waals surface area contributed by atoms with Gasteiger partial charge in [0.1, 0.15) is 5.78 Å². The maximum absolute atomic E-state index is 14.7. The fourth-order valence-electron chi connectivity index (χ4n) is 7.58. The standard InChI is InChI=1S/C47H48O12/c1-56-42-17-10-31(21-44(42)58-3)9-16-40(54)46(39(53)15-8-30-6-12-33(26-49)35(20-30)28-51)47(36-13-18-43(57-2)45(22-36)59-4)23-37(41(55)24-47)38(52)14-7-29-5-11-32(25-48)34(19-29)27-50/h5-22,37,46,48-51H,23-28H2,1-4H3. The Bertz CT molecular complexity index is 2210. The van der Waals surface area contributed by atoms with Crippen molar-refractivity contribution in [2.45, 2.75) is 44.7 Å². The Labute approximate surface area is 342 Å². The Hall–Kier alpha value is -6.18. The van der Waals surface area contributed by atoms with Gasteiger partial charge in [-0.1, -0.05) is 54.6 Å². The molecule has 0 aromatic heterocycles. The molecule has 308 valence electrons. The van der Waals surface area contributed by atoms with Crippen LogP contribution in [0.15, 0.2) is 91.0 Å². The molecule has 0 saturated heterocycles. The third-order valence-corrected chi connectivity index (χ3v) is 10.7. The lowest BCUT2D eigenvalue weighted by Gasteiger charge is -2.35. The molecule has 59 heavy (non-hydrogen) atoms. The van der Waals surface area contributed by atoms with E-state index in [4.69, 9.17) is 18.9 Å². The number of aliphatic hydroxyl groups is 4. The van der Waals surface area contributed by atoms with Crippen molar-refractivity contribution in [2.24, 2.45) is 11.8 Å². The van der Waals surface area contributed by atoms with Crippen LogP contribution in [0.2, 0.25) is 0 Å². The lowest BCUT2D eigenvalue weighted by atomic mass is 9.64. The number of carbonyl (C=O) groups is 4. The first-order valence-electron chi connectivity index (χ1n) is 18.8. The highest BCUT2D eigenvalue weighted by molar-refractivity contribution is 6.17. The van der Waals surface area contributed by atoms with E-state index >= 15 is 0 Å². The summed E-state index contributed by atoms with van der Waals surface area (Å²) in [4.78, 5) is 57.5. The number of ketones is 4. The molecule has 5 rings (SSSR count). The second-order valence-corrected chi connectivity index (χ2v) is 14.1. The smallest absolute Gasteiger partial charge is 0.167 e. The van der Waals surface area contributed by atoms with E-state index in [9.17, 15) is 39.6 Å². The number of Topliss-reactive ketones (excluding diaryl/α,β-unsaturated/α-hetero) is 1. The minimum absolute atomic E-state index is 0.199. The third-order valence-electron chi connectivity index (χ3n) is 10.7. The van der Waals surface area contributed by atoms with Crippen molar-refractivity contribution in [3.8, 4) is 23.0 Å². The monoisotopic (exact) mass is 804 g/mol. The van der Waals surface area contributed by atoms with E-state index in [0.29, 0.717) is 61.8 Å². The van der Waals surface area contributed by atoms with Crippen LogP contribution in [0.1, 0.15) is 57.3 Å². The first-order chi connectivity index (χ1) is 28.5. The van der Waals surface area contributed by atoms with E-state index in [1.165, 1.54) is 64.9 Å². The van der Waals surface area contributed by atoms with Crippen LogP contribution < -0.4 is 18.9 Å². The molecular formula is C47H48O12. The minimum atomic E-state index is -1.55. The minimum Gasteiger partial charge on any atom is -0.493 e. The molecule has 0 radical (unpaired) electrons. The van der Waals surface area contributed by atoms with Gasteiger partial charge in [-0.3, -0.25) is 19.2 Å². The maximum atomic E-state index is 14.7. The van der Waals surface area contributed by atoms with Gasteiger partial charge in [0.15, 0.2) is 40.3 Å². The maximum Gasteiger partial charge on any atom is 0.167 e. The predicted molar refractivity (Wildman–Crippen MR) is 221 cm³/mol. The summed E-state index contributed by atoms with van der Waals surface area (Å²) < 4.78 is 21.9. The lowest BCUT2D eigenvalue weighted by Crippen LogP contribution is -2.42. The van der Waals surface area contributed by atoms with Crippen LogP contribution in [0.5, 0.6) is 23.0 Å². The zero-order chi connectivity index (χ0) is 42.7. The number of rotatable bonds is 19. The van der Waals surface area contributed by atoms with Crippen LogP contribution in [0, 0.1) is 11.8 Å². The number of benzene rings is 4. The van der Waals surface area contributed by atoms with E-state index in [2.05, 4.69) is 0 Å². The van der Waals surface area contributed by atoms with Crippen LogP contribution in [0.4, 0.5) is 0 Å². The molecular weight excluding hydrogens is 757 g/mol. The van der Waals surface area contributed by atoms with Crippen molar-refractivity contribution in [3.63, 3.8) is 0 Å². The topological polar surface area (TPSA) is 186 Å². The molecule has 0 heterocycles. The SMILES string of the molecule is COc1ccc(C=CC(=O)C(C(=O)C=Cc2ccc(CO)c(CO)c2)C2(c3ccc(OC)c(OC)c3)CC(=O)C(C(=O)C=Cc3ccc(CO)c(CO)c3)C2)cc1OC. The van der Waals surface area contributed by atoms with Gasteiger partial charge >= 0.3 is 0 Å². The normalized spacial score (nSPS) is 17.2. The number of ether oxygens (including phenoxy) is 4. The van der Waals surface area contributed by atoms with Gasteiger partial charge < -0.3 is 39.4 Å². The number of methoxy groups -OCH3 is 4. The number of hydrogen-bond acceptors (Lipinski definition) is 12. The predicted octanol–water partition coefficient (Wildman–Crippen LogP) is 5.37. The number of hydrogen-bond donors (Lipinski definition) is 4. The molecule has 0 bridgehead atoms. The Morgan fingerprint density at radius 3 is 1.53 bits per heavy atom. The van der Waals surface area contributed by atoms with Crippen molar-refractivity contribution < 1.29 is 58.6 Å². The highest BCUT2D eigenvalue weighted by Gasteiger charge is 2.56. The van der Waals surface area contributed by atoms with E-state index in [1.54, 1.807) is 72.8 Å². The first-order valence-corrected chi connectivity index (χ1v) is 18.8. The van der Waals surface area contributed by atoms with Gasteiger partial charge in [-0.2, -0.15) is 0 Å². The zero-order valence-corrected chi connectivity index (χ0v) is 33.3. The summed E-state index contributed by atoms with van der Waals surface area (Å²) in [5.41, 5.74) is 2.49. The summed E-state index contributed by atoms with van der Waals surface area (Å²) in [6.07, 6.45) is 7.79. The molecule has 12 heteroatoms. The van der Waals surface area contributed by atoms with Crippen LogP contribution in [0.3, 0.4) is 0 Å². The molecule has 0 amide bonds. The van der Waals surface area contributed by atoms with Gasteiger partial charge in [-0.25, -0.2) is 0 Å². The van der Waals surface area contributed by atoms with Crippen molar-refractivity contribution >= 4 is 41.4 Å². The molecule has 4 N–H and O–H groups in total. The Kier molecular flexibility index (Phi) is 14.9. The van der Waals surface area contributed by atoms with E-state index in [0.717, 1.165) is 0 Å². The highest BCUT2D eigenvalue weighted by atomic mass is 16.5. The van der Waals surface area contributed by atoms with Crippen molar-refractivity contribution in [2.75, 3.05) is 28.4 Å².